The molecule has 0 bridgehead atoms. The lowest BCUT2D eigenvalue weighted by molar-refractivity contribution is -0.136. The number of pyridine rings is 2. The molecule has 8 heteroatoms. The number of hydrogen-bond donors (Lipinski definition) is 2. The van der Waals surface area contributed by atoms with Crippen LogP contribution in [0.5, 0.6) is 5.75 Å². The van der Waals surface area contributed by atoms with Gasteiger partial charge < -0.3 is 14.9 Å². The van der Waals surface area contributed by atoms with Crippen LogP contribution in [0.3, 0.4) is 0 Å². The van der Waals surface area contributed by atoms with E-state index in [0.29, 0.717) is 6.61 Å². The van der Waals surface area contributed by atoms with E-state index in [0.717, 1.165) is 67.5 Å². The molecular weight excluding hydrogens is 516 g/mol. The van der Waals surface area contributed by atoms with Crippen molar-refractivity contribution in [3.8, 4) is 28.1 Å². The molecule has 41 heavy (non-hydrogen) atoms. The molecule has 212 valence electrons. The third-order valence-electron chi connectivity index (χ3n) is 6.37. The molecule has 0 unspecified atom stereocenters. The second kappa shape index (κ2) is 12.4. The topological polar surface area (TPSA) is 118 Å². The van der Waals surface area contributed by atoms with Crippen molar-refractivity contribution < 1.29 is 19.7 Å². The van der Waals surface area contributed by atoms with Crippen molar-refractivity contribution in [2.45, 2.75) is 60.0 Å². The minimum absolute atomic E-state index is 0.0907. The van der Waals surface area contributed by atoms with Gasteiger partial charge in [0.25, 0.3) is 0 Å². The number of rotatable bonds is 4. The summed E-state index contributed by atoms with van der Waals surface area (Å²) in [5.74, 6) is -0.0643. The molecule has 0 aliphatic carbocycles. The van der Waals surface area contributed by atoms with Crippen LogP contribution in [0.15, 0.2) is 61.1 Å². The molecule has 0 spiro atoms. The van der Waals surface area contributed by atoms with Gasteiger partial charge in [-0.3, -0.25) is 9.78 Å². The Balaban J connectivity index is 0.000000502. The summed E-state index contributed by atoms with van der Waals surface area (Å²) < 4.78 is 5.90. The summed E-state index contributed by atoms with van der Waals surface area (Å²) in [6, 6.07) is 13.7. The number of carbonyl (C=O) groups is 1. The number of fused-ring (bicyclic) bond motifs is 1. The van der Waals surface area contributed by atoms with E-state index in [4.69, 9.17) is 19.8 Å². The van der Waals surface area contributed by atoms with E-state index in [1.165, 1.54) is 5.56 Å². The van der Waals surface area contributed by atoms with Gasteiger partial charge in [0.2, 0.25) is 0 Å². The third kappa shape index (κ3) is 6.66. The predicted molar refractivity (Wildman–Crippen MR) is 162 cm³/mol. The monoisotopic (exact) mass is 552 g/mol. The van der Waals surface area contributed by atoms with Crippen molar-refractivity contribution >= 4 is 27.8 Å². The zero-order chi connectivity index (χ0) is 29.7. The summed E-state index contributed by atoms with van der Waals surface area (Å²) in [6.45, 7) is 11.8. The average molecular weight is 553 g/mol. The van der Waals surface area contributed by atoms with Gasteiger partial charge in [0, 0.05) is 34.5 Å². The molecule has 1 aliphatic rings. The number of aromatic nitrogens is 4. The number of ether oxygens (including phenoxy) is 1. The number of aryl methyl sites for hydroxylation is 1. The largest absolute Gasteiger partial charge is 0.493 e. The smallest absolute Gasteiger partial charge is 0.307 e. The van der Waals surface area contributed by atoms with E-state index >= 15 is 0 Å². The molecule has 2 N–H and O–H groups in total. The highest BCUT2D eigenvalue weighted by atomic mass is 16.5. The normalized spacial score (nSPS) is 12.1. The van der Waals surface area contributed by atoms with Gasteiger partial charge in [-0.15, -0.1) is 0 Å². The molecule has 3 aromatic heterocycles. The van der Waals surface area contributed by atoms with Gasteiger partial charge in [0.15, 0.2) is 0 Å². The fraction of sp³-hybridized carbons (Fsp3) is 0.303. The Morgan fingerprint density at radius 2 is 1.78 bits per heavy atom. The Bertz CT molecular complexity index is 1680. The molecule has 0 fully saturated rings. The van der Waals surface area contributed by atoms with Gasteiger partial charge in [-0.2, -0.15) is 10.2 Å². The Morgan fingerprint density at radius 3 is 2.46 bits per heavy atom. The summed E-state index contributed by atoms with van der Waals surface area (Å²) in [6.07, 6.45) is 5.86. The highest BCUT2D eigenvalue weighted by Crippen LogP contribution is 2.42. The lowest BCUT2D eigenvalue weighted by Crippen LogP contribution is -2.10. The van der Waals surface area contributed by atoms with E-state index in [1.54, 1.807) is 33.2 Å². The van der Waals surface area contributed by atoms with Crippen LogP contribution in [0.1, 0.15) is 51.3 Å². The zero-order valence-corrected chi connectivity index (χ0v) is 24.4. The van der Waals surface area contributed by atoms with Crippen molar-refractivity contribution in [2.75, 3.05) is 6.61 Å². The molecule has 0 atom stereocenters. The molecule has 1 aliphatic heterocycles. The highest BCUT2D eigenvalue weighted by molar-refractivity contribution is 6.08. The first-order valence-corrected chi connectivity index (χ1v) is 13.8. The highest BCUT2D eigenvalue weighted by Gasteiger charge is 2.22. The predicted octanol–water partition coefficient (Wildman–Crippen LogP) is 6.58. The second-order valence-corrected chi connectivity index (χ2v) is 10.6. The summed E-state index contributed by atoms with van der Waals surface area (Å²) in [4.78, 5) is 21.5. The molecular formula is C33H36N4O4. The number of carboxylic acids is 1. The van der Waals surface area contributed by atoms with Crippen LogP contribution in [0.25, 0.3) is 44.2 Å². The van der Waals surface area contributed by atoms with E-state index in [1.807, 2.05) is 69.4 Å². The van der Waals surface area contributed by atoms with E-state index in [9.17, 15) is 9.90 Å². The molecule has 0 saturated heterocycles. The molecule has 8 nitrogen and oxygen atoms in total. The van der Waals surface area contributed by atoms with Crippen molar-refractivity contribution in [3.05, 3.63) is 77.7 Å². The lowest BCUT2D eigenvalue weighted by Gasteiger charge is -2.21. The first-order valence-electron chi connectivity index (χ1n) is 13.8. The second-order valence-electron chi connectivity index (χ2n) is 10.6. The van der Waals surface area contributed by atoms with E-state index in [2.05, 4.69) is 10.2 Å². The van der Waals surface area contributed by atoms with E-state index in [-0.39, 0.29) is 6.42 Å². The lowest BCUT2D eigenvalue weighted by atomic mass is 9.87. The van der Waals surface area contributed by atoms with Gasteiger partial charge in [0.1, 0.15) is 5.75 Å². The van der Waals surface area contributed by atoms with Gasteiger partial charge in [0.05, 0.1) is 47.7 Å². The van der Waals surface area contributed by atoms with Gasteiger partial charge in [-0.05, 0) is 86.3 Å². The average Bonchev–Trinajstić information content (AvgIpc) is 2.95. The molecule has 4 heterocycles. The minimum Gasteiger partial charge on any atom is -0.493 e. The Kier molecular flexibility index (Phi) is 8.93. The maximum atomic E-state index is 11.8. The van der Waals surface area contributed by atoms with Crippen LogP contribution in [0.2, 0.25) is 0 Å². The van der Waals surface area contributed by atoms with Gasteiger partial charge >= 0.3 is 5.97 Å². The van der Waals surface area contributed by atoms with Crippen LogP contribution in [0.4, 0.5) is 0 Å². The first-order chi connectivity index (χ1) is 19.6. The molecule has 0 radical (unpaired) electrons. The number of aliphatic carboxylic acids is 1. The number of nitrogens with zero attached hydrogens (tertiary/aromatic N) is 4. The first kappa shape index (κ1) is 29.6. The van der Waals surface area contributed by atoms with Gasteiger partial charge in [-0.25, -0.2) is 4.98 Å². The fourth-order valence-corrected chi connectivity index (χ4v) is 4.84. The molecule has 2 aromatic carbocycles. The standard InChI is InChI=1S/C27H20N4O3.C4H10O.C2H6/c1-15-12-22-18(2-4-21(31-22)17-7-10-29-30-14-17)26(20(15)13-24(32)33)19-3-5-23-25-16(8-11-34-23)6-9-28-27(19)25;1-4(2,3)5;1-2/h2-7,9-10,12,14H,8,11,13H2,1H3,(H,32,33);5H,1-3H3;1-2H3. The summed E-state index contributed by atoms with van der Waals surface area (Å²) in [5, 5.41) is 27.9. The van der Waals surface area contributed by atoms with Crippen LogP contribution in [0, 0.1) is 6.92 Å². The summed E-state index contributed by atoms with van der Waals surface area (Å²) >= 11 is 0. The van der Waals surface area contributed by atoms with Gasteiger partial charge in [-0.1, -0.05) is 19.9 Å². The van der Waals surface area contributed by atoms with Crippen molar-refractivity contribution in [3.63, 3.8) is 0 Å². The van der Waals surface area contributed by atoms with Crippen molar-refractivity contribution in [1.29, 1.82) is 0 Å². The maximum absolute atomic E-state index is 11.8. The quantitative estimate of drug-likeness (QED) is 0.257. The third-order valence-corrected chi connectivity index (χ3v) is 6.37. The molecule has 0 amide bonds. The Morgan fingerprint density at radius 1 is 1.02 bits per heavy atom. The van der Waals surface area contributed by atoms with Crippen LogP contribution in [-0.2, 0) is 17.6 Å². The number of aliphatic hydroxyl groups is 1. The summed E-state index contributed by atoms with van der Waals surface area (Å²) in [7, 11) is 0. The number of carboxylic acid groups (broad SMARTS) is 1. The van der Waals surface area contributed by atoms with Crippen LogP contribution < -0.4 is 4.74 Å². The van der Waals surface area contributed by atoms with Crippen LogP contribution >= 0.6 is 0 Å². The number of hydrogen-bond acceptors (Lipinski definition) is 7. The SMILES string of the molecule is CC.CC(C)(C)O.Cc1cc2nc(-c3ccnnc3)ccc2c(-c2ccc3c4c(ccnc24)CCO3)c1CC(=O)O. The molecule has 0 saturated carbocycles. The fourth-order valence-electron chi connectivity index (χ4n) is 4.84. The number of benzene rings is 2. The van der Waals surface area contributed by atoms with Crippen molar-refractivity contribution in [2.24, 2.45) is 0 Å². The zero-order valence-electron chi connectivity index (χ0n) is 24.4. The Labute approximate surface area is 240 Å². The maximum Gasteiger partial charge on any atom is 0.307 e. The molecule has 6 rings (SSSR count). The van der Waals surface area contributed by atoms with Crippen molar-refractivity contribution in [1.82, 2.24) is 20.2 Å². The summed E-state index contributed by atoms with van der Waals surface area (Å²) in [5.41, 5.74) is 7.31. The Hall–Kier alpha value is -4.43. The van der Waals surface area contributed by atoms with E-state index < -0.39 is 11.6 Å². The molecule has 5 aromatic rings. The minimum atomic E-state index is -0.879. The van der Waals surface area contributed by atoms with Crippen LogP contribution in [-0.4, -0.2) is 48.6 Å².